The zero-order chi connectivity index (χ0) is 60.7. The molecule has 0 radical (unpaired) electrons. The minimum Gasteiger partial charge on any atom is -1.00 e. The minimum absolute atomic E-state index is 0. The Hall–Kier alpha value is -1.39. The molecule has 0 atom stereocenters. The van der Waals surface area contributed by atoms with E-state index >= 15 is 0 Å². The molecular weight excluding hydrogens is 1100 g/mol. The molecule has 0 aliphatic carbocycles. The number of aromatic nitrogens is 3. The van der Waals surface area contributed by atoms with Gasteiger partial charge in [-0.1, -0.05) is 335 Å². The molecule has 85 heavy (non-hydrogen) atoms. The zero-order valence-electron chi connectivity index (χ0n) is 57.0. The molecule has 3 aromatic heterocycles. The van der Waals surface area contributed by atoms with E-state index in [1.807, 2.05) is 0 Å². The van der Waals surface area contributed by atoms with Crippen LogP contribution in [0.15, 0.2) is 91.8 Å². The second-order valence-corrected chi connectivity index (χ2v) is 25.0. The molecule has 0 aromatic carbocycles. The predicted octanol–water partition coefficient (Wildman–Crippen LogP) is 16.8. The number of pyridine rings is 3. The molecule has 0 aliphatic heterocycles. The third kappa shape index (κ3) is 84.7. The second kappa shape index (κ2) is 78.7. The second-order valence-electron chi connectivity index (χ2n) is 24.2. The van der Waals surface area contributed by atoms with Crippen molar-refractivity contribution in [2.24, 2.45) is 0 Å². The van der Waals surface area contributed by atoms with E-state index in [-0.39, 0.29) is 42.0 Å². The van der Waals surface area contributed by atoms with E-state index in [0.29, 0.717) is 0 Å². The summed E-state index contributed by atoms with van der Waals surface area (Å²) >= 11 is 0. The van der Waals surface area contributed by atoms with Crippen molar-refractivity contribution in [3.8, 4) is 0 Å². The maximum atomic E-state index is 8.52. The molecule has 0 unspecified atom stereocenters. The van der Waals surface area contributed by atoms with Crippen molar-refractivity contribution >= 4 is 10.4 Å². The van der Waals surface area contributed by atoms with E-state index in [9.17, 15) is 0 Å². The Morgan fingerprint density at radius 3 is 0.529 bits per heavy atom. The van der Waals surface area contributed by atoms with Gasteiger partial charge >= 0.3 is 29.6 Å². The first-order valence-corrected chi connectivity index (χ1v) is 37.3. The van der Waals surface area contributed by atoms with Crippen molar-refractivity contribution in [2.45, 2.75) is 381 Å². The fraction of sp³-hybridized carbons (Fsp3) is 0.787. The van der Waals surface area contributed by atoms with Gasteiger partial charge in [0, 0.05) is 66.1 Å². The molecule has 10 heteroatoms. The monoisotopic (exact) mass is 1240 g/mol. The maximum Gasteiger partial charge on any atom is 1.00 e. The summed E-state index contributed by atoms with van der Waals surface area (Å²) in [6, 6.07) is 18.9. The standard InChI is InChI=1S/3C21H38N.C12H25.ClH.Na.H2O4S/c3*1-2-3-4-5-6-7-8-9-10-11-12-13-14-16-19-22-20-17-15-18-21-22;1-3-5-7-9-11-12-10-8-6-4-2;;;1-5(2,3)4/h3*15,17-18,20-21H,2-14,16,19H2,1H3;1,3-12H2,2H3;1H;;(H2,1,2,3,4)/q3*+1;-1;;+1;/p-3. The molecule has 3 aromatic rings. The van der Waals surface area contributed by atoms with Crippen LogP contribution in [0.5, 0.6) is 0 Å². The molecule has 3 rings (SSSR count). The Balaban J connectivity index is -0.000000506. The summed E-state index contributed by atoms with van der Waals surface area (Å²) in [7, 11) is -5.17. The number of halogens is 1. The van der Waals surface area contributed by atoms with Crippen molar-refractivity contribution < 1.29 is 73.2 Å². The van der Waals surface area contributed by atoms with Gasteiger partial charge in [-0.15, -0.1) is 0 Å². The first kappa shape index (κ1) is 90.0. The van der Waals surface area contributed by atoms with Gasteiger partial charge < -0.3 is 28.4 Å². The Morgan fingerprint density at radius 1 is 0.259 bits per heavy atom. The first-order valence-electron chi connectivity index (χ1n) is 36.0. The van der Waals surface area contributed by atoms with Gasteiger partial charge in [-0.3, -0.25) is 8.42 Å². The van der Waals surface area contributed by atoms with Gasteiger partial charge in [0.1, 0.15) is 19.6 Å². The van der Waals surface area contributed by atoms with Crippen molar-refractivity contribution in [3.05, 3.63) is 98.7 Å². The van der Waals surface area contributed by atoms with Crippen LogP contribution in [0.4, 0.5) is 0 Å². The number of nitrogens with zero attached hydrogens (tertiary/aromatic N) is 3. The van der Waals surface area contributed by atoms with Crippen LogP contribution in [0.25, 0.3) is 0 Å². The van der Waals surface area contributed by atoms with Crippen LogP contribution in [0, 0.1) is 6.92 Å². The molecule has 0 saturated heterocycles. The summed E-state index contributed by atoms with van der Waals surface area (Å²) in [4.78, 5) is 0. The molecule has 0 spiro atoms. The van der Waals surface area contributed by atoms with E-state index in [0.717, 1.165) is 6.42 Å². The van der Waals surface area contributed by atoms with Crippen LogP contribution in [-0.2, 0) is 30.0 Å². The van der Waals surface area contributed by atoms with Gasteiger partial charge in [-0.25, -0.2) is 13.7 Å². The fourth-order valence-corrected chi connectivity index (χ4v) is 10.7. The van der Waals surface area contributed by atoms with Crippen molar-refractivity contribution in [2.75, 3.05) is 0 Å². The quantitative estimate of drug-likeness (QED) is 0.0141. The van der Waals surface area contributed by atoms with Gasteiger partial charge in [0.05, 0.1) is 0 Å². The SMILES string of the molecule is CCCCCCCCCCCCCCCC[n+]1ccccc1.CCCCCCCCCCCCCCCC[n+]1ccccc1.CCCCCCCCCCCCCCCC[n+]1ccccc1.O=S(=O)([O-])[O-].[CH2-]CCCCCCCCCCC.[Cl-].[Na+]. The third-order valence-electron chi connectivity index (χ3n) is 16.0. The molecule has 3 heterocycles. The molecule has 0 saturated carbocycles. The topological polar surface area (TPSA) is 91.9 Å². The predicted molar refractivity (Wildman–Crippen MR) is 359 cm³/mol. The number of unbranched alkanes of at least 4 members (excludes halogenated alkanes) is 48. The van der Waals surface area contributed by atoms with E-state index in [4.69, 9.17) is 17.5 Å². The van der Waals surface area contributed by atoms with Crippen LogP contribution in [-0.4, -0.2) is 17.5 Å². The van der Waals surface area contributed by atoms with Crippen LogP contribution in [0.3, 0.4) is 0 Å². The molecule has 0 fully saturated rings. The van der Waals surface area contributed by atoms with E-state index in [1.165, 1.54) is 347 Å². The Labute approximate surface area is 559 Å². The Bertz CT molecular complexity index is 1540. The van der Waals surface area contributed by atoms with Crippen LogP contribution in [0.2, 0.25) is 0 Å². The molecule has 0 amide bonds. The normalized spacial score (nSPS) is 10.7. The van der Waals surface area contributed by atoms with Crippen molar-refractivity contribution in [3.63, 3.8) is 0 Å². The van der Waals surface area contributed by atoms with Crippen molar-refractivity contribution in [1.82, 2.24) is 0 Å². The molecular formula is C75H139ClN3NaO4S. The maximum absolute atomic E-state index is 8.52. The summed E-state index contributed by atoms with van der Waals surface area (Å²) in [5.74, 6) is 0. The van der Waals surface area contributed by atoms with E-state index in [1.54, 1.807) is 0 Å². The molecule has 0 bridgehead atoms. The summed E-state index contributed by atoms with van der Waals surface area (Å²) in [5.41, 5.74) is 0. The third-order valence-corrected chi connectivity index (χ3v) is 16.0. The first-order chi connectivity index (χ1) is 40.7. The Kier molecular flexibility index (Phi) is 83.4. The summed E-state index contributed by atoms with van der Waals surface area (Å²) in [6.07, 6.45) is 87.1. The van der Waals surface area contributed by atoms with Crippen molar-refractivity contribution in [1.29, 1.82) is 0 Å². The molecule has 7 nitrogen and oxygen atoms in total. The van der Waals surface area contributed by atoms with Crippen LogP contribution in [0.1, 0.15) is 362 Å². The number of rotatable bonds is 54. The van der Waals surface area contributed by atoms with E-state index < -0.39 is 10.4 Å². The largest absolute Gasteiger partial charge is 1.00 e. The molecule has 0 N–H and O–H groups in total. The van der Waals surface area contributed by atoms with Gasteiger partial charge in [0.2, 0.25) is 0 Å². The zero-order valence-corrected chi connectivity index (χ0v) is 60.6. The van der Waals surface area contributed by atoms with Gasteiger partial charge in [-0.05, 0) is 19.3 Å². The molecule has 0 aliphatic rings. The fourth-order valence-electron chi connectivity index (χ4n) is 10.7. The summed E-state index contributed by atoms with van der Waals surface area (Å²) in [5, 5.41) is 0. The average molecular weight is 1240 g/mol. The number of aryl methyl sites for hydroxylation is 3. The molecule has 492 valence electrons. The van der Waals surface area contributed by atoms with E-state index in [2.05, 4.69) is 140 Å². The van der Waals surface area contributed by atoms with Gasteiger partial charge in [0.25, 0.3) is 0 Å². The average Bonchev–Trinajstić information content (AvgIpc) is 3.49. The number of hydrogen-bond donors (Lipinski definition) is 0. The van der Waals surface area contributed by atoms with Gasteiger partial charge in [0.15, 0.2) is 37.2 Å². The van der Waals surface area contributed by atoms with Crippen LogP contribution >= 0.6 is 0 Å². The smallest absolute Gasteiger partial charge is 1.00 e. The summed E-state index contributed by atoms with van der Waals surface area (Å²) < 4.78 is 41.0. The minimum atomic E-state index is -5.17. The van der Waals surface area contributed by atoms with Crippen LogP contribution < -0.4 is 55.7 Å². The van der Waals surface area contributed by atoms with Gasteiger partial charge in [-0.2, -0.15) is 6.42 Å². The Morgan fingerprint density at radius 2 is 0.388 bits per heavy atom. The summed E-state index contributed by atoms with van der Waals surface area (Å²) in [6.45, 7) is 16.5. The number of hydrogen-bond acceptors (Lipinski definition) is 4.